The summed E-state index contributed by atoms with van der Waals surface area (Å²) in [6, 6.07) is 17.6. The highest BCUT2D eigenvalue weighted by atomic mass is 19.4. The van der Waals surface area contributed by atoms with Gasteiger partial charge in [-0.05, 0) is 36.2 Å². The first-order valence-electron chi connectivity index (χ1n) is 13.0. The maximum absolute atomic E-state index is 14.0. The minimum absolute atomic E-state index is 0.0894. The first-order valence-corrected chi connectivity index (χ1v) is 13.0. The standard InChI is InChI=1S/C30H25F5N4O4/c31-26(32)21-10-5-11-23-25(21)38-28(41)22(16-39(23)19-9-4-6-17(14-19)15-36)37-27(40)20(12-13-30(33,34)35)24(29(42)43)18-7-2-1-3-8-18/h1-11,14,20,22,24,26H,12-13,16H2,(H,37,40)(H,38,41)(H,42,43). The average molecular weight is 601 g/mol. The summed E-state index contributed by atoms with van der Waals surface area (Å²) in [5, 5.41) is 24.1. The number of amides is 2. The summed E-state index contributed by atoms with van der Waals surface area (Å²) in [5.74, 6) is -7.03. The van der Waals surface area contributed by atoms with Gasteiger partial charge in [0.25, 0.3) is 6.43 Å². The second kappa shape index (κ2) is 12.9. The van der Waals surface area contributed by atoms with Crippen molar-refractivity contribution < 1.29 is 41.4 Å². The lowest BCUT2D eigenvalue weighted by atomic mass is 9.82. The van der Waals surface area contributed by atoms with E-state index in [1.165, 1.54) is 59.5 Å². The Balaban J connectivity index is 1.74. The van der Waals surface area contributed by atoms with Gasteiger partial charge in [0, 0.05) is 17.7 Å². The summed E-state index contributed by atoms with van der Waals surface area (Å²) in [5.41, 5.74) is -0.0255. The normalized spacial score (nSPS) is 16.3. The number of para-hydroxylation sites is 1. The Kier molecular flexibility index (Phi) is 9.28. The molecular weight excluding hydrogens is 575 g/mol. The maximum atomic E-state index is 14.0. The van der Waals surface area contributed by atoms with Crippen LogP contribution in [0, 0.1) is 17.2 Å². The Hall–Kier alpha value is -4.99. The summed E-state index contributed by atoms with van der Waals surface area (Å²) in [4.78, 5) is 40.6. The number of carboxylic acid groups (broad SMARTS) is 1. The molecule has 224 valence electrons. The monoisotopic (exact) mass is 600 g/mol. The van der Waals surface area contributed by atoms with Crippen LogP contribution in [0.2, 0.25) is 0 Å². The number of carbonyl (C=O) groups is 3. The number of rotatable bonds is 9. The van der Waals surface area contributed by atoms with Crippen molar-refractivity contribution >= 4 is 34.8 Å². The molecular formula is C30H25F5N4O4. The summed E-state index contributed by atoms with van der Waals surface area (Å²) >= 11 is 0. The highest BCUT2D eigenvalue weighted by Gasteiger charge is 2.41. The Morgan fingerprint density at radius 3 is 2.40 bits per heavy atom. The number of nitrogens with zero attached hydrogens (tertiary/aromatic N) is 2. The van der Waals surface area contributed by atoms with E-state index in [1.54, 1.807) is 12.1 Å². The molecule has 0 aromatic heterocycles. The Morgan fingerprint density at radius 2 is 1.77 bits per heavy atom. The summed E-state index contributed by atoms with van der Waals surface area (Å²) < 4.78 is 67.6. The van der Waals surface area contributed by atoms with E-state index in [-0.39, 0.29) is 29.0 Å². The fourth-order valence-corrected chi connectivity index (χ4v) is 5.03. The van der Waals surface area contributed by atoms with Crippen LogP contribution in [0.25, 0.3) is 0 Å². The summed E-state index contributed by atoms with van der Waals surface area (Å²) in [6.07, 6.45) is -10.1. The average Bonchev–Trinajstić information content (AvgIpc) is 3.10. The van der Waals surface area contributed by atoms with Crippen LogP contribution in [0.1, 0.15) is 41.9 Å². The van der Waals surface area contributed by atoms with Gasteiger partial charge in [-0.15, -0.1) is 0 Å². The zero-order valence-electron chi connectivity index (χ0n) is 22.3. The molecule has 0 bridgehead atoms. The summed E-state index contributed by atoms with van der Waals surface area (Å²) in [7, 11) is 0. The number of fused-ring (bicyclic) bond motifs is 1. The van der Waals surface area contributed by atoms with Gasteiger partial charge in [-0.3, -0.25) is 14.4 Å². The number of aliphatic carboxylic acids is 1. The number of nitriles is 1. The number of nitrogens with one attached hydrogen (secondary N) is 2. The van der Waals surface area contributed by atoms with Gasteiger partial charge in [-0.1, -0.05) is 48.5 Å². The van der Waals surface area contributed by atoms with Crippen LogP contribution in [-0.2, 0) is 14.4 Å². The molecule has 3 unspecified atom stereocenters. The van der Waals surface area contributed by atoms with E-state index < -0.39 is 66.7 Å². The smallest absolute Gasteiger partial charge is 0.389 e. The zero-order chi connectivity index (χ0) is 31.3. The number of benzene rings is 3. The molecule has 0 saturated heterocycles. The number of carboxylic acids is 1. The lowest BCUT2D eigenvalue weighted by Gasteiger charge is -2.29. The van der Waals surface area contributed by atoms with Crippen LogP contribution in [0.15, 0.2) is 72.8 Å². The van der Waals surface area contributed by atoms with Crippen LogP contribution >= 0.6 is 0 Å². The van der Waals surface area contributed by atoms with Crippen LogP contribution in [0.5, 0.6) is 0 Å². The van der Waals surface area contributed by atoms with Crippen molar-refractivity contribution in [2.75, 3.05) is 16.8 Å². The number of hydrogen-bond donors (Lipinski definition) is 3. The van der Waals surface area contributed by atoms with Gasteiger partial charge in [-0.25, -0.2) is 8.78 Å². The molecule has 0 radical (unpaired) electrons. The van der Waals surface area contributed by atoms with E-state index >= 15 is 0 Å². The molecule has 2 amide bonds. The Labute approximate surface area is 242 Å². The van der Waals surface area contributed by atoms with Gasteiger partial charge in [0.1, 0.15) is 6.04 Å². The number of halogens is 5. The molecule has 13 heteroatoms. The zero-order valence-corrected chi connectivity index (χ0v) is 22.3. The molecule has 0 spiro atoms. The molecule has 3 atom stereocenters. The molecule has 1 aliphatic heterocycles. The molecule has 43 heavy (non-hydrogen) atoms. The minimum atomic E-state index is -4.70. The van der Waals surface area contributed by atoms with Crippen molar-refractivity contribution in [3.8, 4) is 6.07 Å². The van der Waals surface area contributed by atoms with E-state index in [0.29, 0.717) is 5.69 Å². The van der Waals surface area contributed by atoms with E-state index in [1.807, 2.05) is 6.07 Å². The van der Waals surface area contributed by atoms with Crippen molar-refractivity contribution in [3.63, 3.8) is 0 Å². The molecule has 0 fully saturated rings. The predicted molar refractivity (Wildman–Crippen MR) is 146 cm³/mol. The van der Waals surface area contributed by atoms with Crippen LogP contribution in [0.4, 0.5) is 39.0 Å². The third-order valence-electron chi connectivity index (χ3n) is 7.04. The van der Waals surface area contributed by atoms with Crippen molar-refractivity contribution in [2.45, 2.75) is 37.4 Å². The van der Waals surface area contributed by atoms with E-state index in [2.05, 4.69) is 10.6 Å². The van der Waals surface area contributed by atoms with Crippen molar-refractivity contribution in [1.29, 1.82) is 5.26 Å². The van der Waals surface area contributed by atoms with Gasteiger partial charge in [-0.2, -0.15) is 18.4 Å². The Morgan fingerprint density at radius 1 is 1.07 bits per heavy atom. The van der Waals surface area contributed by atoms with Gasteiger partial charge < -0.3 is 20.6 Å². The maximum Gasteiger partial charge on any atom is 0.389 e. The van der Waals surface area contributed by atoms with E-state index in [0.717, 1.165) is 6.07 Å². The fraction of sp³-hybridized carbons (Fsp3) is 0.267. The highest BCUT2D eigenvalue weighted by Crippen LogP contribution is 2.41. The molecule has 3 N–H and O–H groups in total. The van der Waals surface area contributed by atoms with E-state index in [9.17, 15) is 46.7 Å². The highest BCUT2D eigenvalue weighted by molar-refractivity contribution is 6.03. The van der Waals surface area contributed by atoms with Gasteiger partial charge in [0.2, 0.25) is 11.8 Å². The SMILES string of the molecule is N#Cc1cccc(N2CC(NC(=O)C(CCC(F)(F)F)C(C(=O)O)c3ccccc3)C(=O)Nc3c(C(F)F)cccc32)c1. The lowest BCUT2D eigenvalue weighted by Crippen LogP contribution is -2.51. The first-order chi connectivity index (χ1) is 20.4. The molecule has 3 aromatic rings. The van der Waals surface area contributed by atoms with Crippen molar-refractivity contribution in [1.82, 2.24) is 5.32 Å². The van der Waals surface area contributed by atoms with Gasteiger partial charge >= 0.3 is 12.1 Å². The van der Waals surface area contributed by atoms with E-state index in [4.69, 9.17) is 0 Å². The second-order valence-corrected chi connectivity index (χ2v) is 9.85. The fourth-order valence-electron chi connectivity index (χ4n) is 5.03. The topological polar surface area (TPSA) is 123 Å². The summed E-state index contributed by atoms with van der Waals surface area (Å²) in [6.45, 7) is -0.374. The third-order valence-corrected chi connectivity index (χ3v) is 7.04. The van der Waals surface area contributed by atoms with Crippen LogP contribution in [-0.4, -0.2) is 41.7 Å². The molecule has 0 aliphatic carbocycles. The largest absolute Gasteiger partial charge is 0.481 e. The van der Waals surface area contributed by atoms with Crippen molar-refractivity contribution in [3.05, 3.63) is 89.5 Å². The lowest BCUT2D eigenvalue weighted by molar-refractivity contribution is -0.150. The second-order valence-electron chi connectivity index (χ2n) is 9.85. The molecule has 0 saturated carbocycles. The number of carbonyl (C=O) groups excluding carboxylic acids is 2. The third kappa shape index (κ3) is 7.27. The van der Waals surface area contributed by atoms with Gasteiger partial charge in [0.05, 0.1) is 41.4 Å². The molecule has 1 aliphatic rings. The molecule has 8 nitrogen and oxygen atoms in total. The minimum Gasteiger partial charge on any atom is -0.481 e. The number of alkyl halides is 5. The molecule has 3 aromatic carbocycles. The predicted octanol–water partition coefficient (Wildman–Crippen LogP) is 5.90. The van der Waals surface area contributed by atoms with Crippen LogP contribution in [0.3, 0.4) is 0 Å². The van der Waals surface area contributed by atoms with Crippen molar-refractivity contribution in [2.24, 2.45) is 5.92 Å². The Bertz CT molecular complexity index is 1540. The first kappa shape index (κ1) is 31.0. The molecule has 4 rings (SSSR count). The number of anilines is 3. The number of hydrogen-bond acceptors (Lipinski definition) is 5. The molecule has 1 heterocycles. The van der Waals surface area contributed by atoms with Crippen LogP contribution < -0.4 is 15.5 Å². The van der Waals surface area contributed by atoms with Gasteiger partial charge in [0.15, 0.2) is 0 Å². The quantitative estimate of drug-likeness (QED) is 0.263.